The minimum absolute atomic E-state index is 0.153. The number of aryl methyl sites for hydroxylation is 1. The Labute approximate surface area is 223 Å². The van der Waals surface area contributed by atoms with Crippen molar-refractivity contribution in [3.63, 3.8) is 0 Å². The minimum atomic E-state index is -5.66. The summed E-state index contributed by atoms with van der Waals surface area (Å²) in [6.45, 7) is 3.99. The Morgan fingerprint density at radius 2 is 1.90 bits per heavy atom. The number of ether oxygens (including phenoxy) is 1. The molecule has 0 atom stereocenters. The van der Waals surface area contributed by atoms with Crippen LogP contribution < -0.4 is 4.72 Å². The van der Waals surface area contributed by atoms with Gasteiger partial charge in [0.25, 0.3) is 0 Å². The van der Waals surface area contributed by atoms with Crippen LogP contribution in [0.2, 0.25) is 0 Å². The monoisotopic (exact) mass is 561 g/mol. The summed E-state index contributed by atoms with van der Waals surface area (Å²) in [7, 11) is -5.66. The fourth-order valence-electron chi connectivity index (χ4n) is 4.75. The molecule has 0 saturated heterocycles. The highest BCUT2D eigenvalue weighted by molar-refractivity contribution is 7.93. The maximum atomic E-state index is 13.2. The smallest absolute Gasteiger partial charge is 0.472 e. The van der Waals surface area contributed by atoms with Crippen molar-refractivity contribution in [2.45, 2.75) is 51.1 Å². The summed E-state index contributed by atoms with van der Waals surface area (Å²) < 4.78 is 77.8. The van der Waals surface area contributed by atoms with Crippen molar-refractivity contribution in [3.05, 3.63) is 71.7 Å². The molecule has 2 aromatic rings. The molecule has 3 aliphatic rings. The first kappa shape index (κ1) is 26.8. The van der Waals surface area contributed by atoms with Crippen LogP contribution in [0.4, 0.5) is 18.9 Å². The van der Waals surface area contributed by atoms with Crippen LogP contribution in [0.5, 0.6) is 0 Å². The Kier molecular flexibility index (Phi) is 6.91. The topological polar surface area (TPSA) is 103 Å². The number of imidazole rings is 1. The maximum Gasteiger partial charge on any atom is 0.516 e. The number of esters is 1. The van der Waals surface area contributed by atoms with E-state index in [2.05, 4.69) is 0 Å². The van der Waals surface area contributed by atoms with Crippen LogP contribution in [0.1, 0.15) is 60.2 Å². The SMILES string of the molecule is CCOC(=O)c1c(C2CC2)nc(CC)n1Cc1c2ccocc-2cc1-c1ccccc1NS(=O)(=O)C(F)(F)F. The first-order valence-electron chi connectivity index (χ1n) is 12.5. The van der Waals surface area contributed by atoms with Crippen molar-refractivity contribution in [1.29, 1.82) is 0 Å². The van der Waals surface area contributed by atoms with Gasteiger partial charge in [-0.2, -0.15) is 21.6 Å². The molecule has 0 bridgehead atoms. The highest BCUT2D eigenvalue weighted by atomic mass is 32.2. The number of anilines is 1. The Hall–Kier alpha value is -3.80. The van der Waals surface area contributed by atoms with E-state index in [1.807, 2.05) is 6.92 Å². The van der Waals surface area contributed by atoms with Gasteiger partial charge in [0.1, 0.15) is 5.82 Å². The van der Waals surface area contributed by atoms with E-state index in [1.54, 1.807) is 40.5 Å². The third kappa shape index (κ3) is 5.00. The lowest BCUT2D eigenvalue weighted by molar-refractivity contribution is -0.0429. The molecule has 1 aliphatic heterocycles. The number of carbonyl (C=O) groups excluding carboxylic acids is 1. The van der Waals surface area contributed by atoms with Gasteiger partial charge in [0.15, 0.2) is 5.69 Å². The zero-order valence-corrected chi connectivity index (χ0v) is 22.0. The van der Waals surface area contributed by atoms with Gasteiger partial charge in [0, 0.05) is 23.5 Å². The average molecular weight is 562 g/mol. The number of nitrogens with one attached hydrogen (secondary N) is 1. The largest absolute Gasteiger partial charge is 0.516 e. The fraction of sp³-hybridized carbons (Fsp3) is 0.333. The Morgan fingerprint density at radius 1 is 1.15 bits per heavy atom. The number of nitrogens with zero attached hydrogens (tertiary/aromatic N) is 2. The summed E-state index contributed by atoms with van der Waals surface area (Å²) in [5.41, 5.74) is -1.86. The number of para-hydroxylation sites is 1. The van der Waals surface area contributed by atoms with Crippen LogP contribution in [0.3, 0.4) is 0 Å². The van der Waals surface area contributed by atoms with Crippen molar-refractivity contribution in [1.82, 2.24) is 9.55 Å². The third-order valence-electron chi connectivity index (χ3n) is 6.67. The quantitative estimate of drug-likeness (QED) is 0.245. The van der Waals surface area contributed by atoms with E-state index in [0.717, 1.165) is 18.4 Å². The summed E-state index contributed by atoms with van der Waals surface area (Å²) >= 11 is 0. The molecular formula is C27H26F3N3O5S. The normalized spacial score (nSPS) is 14.1. The molecule has 1 aromatic heterocycles. The van der Waals surface area contributed by atoms with E-state index in [4.69, 9.17) is 14.1 Å². The lowest BCUT2D eigenvalue weighted by Gasteiger charge is -2.17. The number of hydrogen-bond acceptors (Lipinski definition) is 6. The number of alkyl halides is 3. The summed E-state index contributed by atoms with van der Waals surface area (Å²) in [6, 6.07) is 9.32. The molecule has 0 radical (unpaired) electrons. The number of aromatic nitrogens is 2. The fourth-order valence-corrected chi connectivity index (χ4v) is 5.33. The number of hydrogen-bond donors (Lipinski definition) is 1. The van der Waals surface area contributed by atoms with E-state index in [-0.39, 0.29) is 30.3 Å². The molecule has 2 aliphatic carbocycles. The van der Waals surface area contributed by atoms with Gasteiger partial charge in [0.05, 0.1) is 37.1 Å². The summed E-state index contributed by atoms with van der Waals surface area (Å²) in [4.78, 5) is 17.9. The molecule has 0 unspecified atom stereocenters. The molecule has 2 heterocycles. The van der Waals surface area contributed by atoms with Gasteiger partial charge in [0.2, 0.25) is 0 Å². The van der Waals surface area contributed by atoms with Crippen molar-refractivity contribution >= 4 is 21.7 Å². The zero-order chi connectivity index (χ0) is 27.9. The van der Waals surface area contributed by atoms with Crippen molar-refractivity contribution in [2.75, 3.05) is 11.3 Å². The lowest BCUT2D eigenvalue weighted by atomic mass is 10.0. The Balaban J connectivity index is 1.69. The van der Waals surface area contributed by atoms with Gasteiger partial charge in [-0.3, -0.25) is 4.72 Å². The summed E-state index contributed by atoms with van der Waals surface area (Å²) in [5.74, 6) is 0.354. The van der Waals surface area contributed by atoms with Crippen LogP contribution >= 0.6 is 0 Å². The molecule has 1 saturated carbocycles. The van der Waals surface area contributed by atoms with Crippen LogP contribution in [0.15, 0.2) is 53.3 Å². The Morgan fingerprint density at radius 3 is 2.56 bits per heavy atom. The van der Waals surface area contributed by atoms with Crippen LogP contribution in [-0.2, 0) is 27.7 Å². The first-order valence-corrected chi connectivity index (χ1v) is 14.0. The number of benzene rings is 1. The second-order valence-electron chi connectivity index (χ2n) is 9.26. The van der Waals surface area contributed by atoms with E-state index >= 15 is 0 Å². The van der Waals surface area contributed by atoms with Gasteiger partial charge in [-0.15, -0.1) is 0 Å². The van der Waals surface area contributed by atoms with Crippen molar-refractivity contribution in [3.8, 4) is 22.3 Å². The van der Waals surface area contributed by atoms with Crippen molar-refractivity contribution < 1.29 is 35.5 Å². The molecule has 39 heavy (non-hydrogen) atoms. The van der Waals surface area contributed by atoms with Gasteiger partial charge >= 0.3 is 21.5 Å². The minimum Gasteiger partial charge on any atom is -0.472 e. The van der Waals surface area contributed by atoms with Crippen LogP contribution in [0.25, 0.3) is 22.3 Å². The summed E-state index contributed by atoms with van der Waals surface area (Å²) in [5, 5.41) is 0. The number of halogens is 3. The summed E-state index contributed by atoms with van der Waals surface area (Å²) in [6.07, 6.45) is 5.35. The number of sulfonamides is 1. The number of fused-ring (bicyclic) bond motifs is 1. The number of rotatable bonds is 9. The molecule has 8 nitrogen and oxygen atoms in total. The van der Waals surface area contributed by atoms with Crippen molar-refractivity contribution in [2.24, 2.45) is 0 Å². The predicted molar refractivity (Wildman–Crippen MR) is 138 cm³/mol. The molecule has 0 spiro atoms. The second kappa shape index (κ2) is 10.1. The lowest BCUT2D eigenvalue weighted by Crippen LogP contribution is -2.30. The van der Waals surface area contributed by atoms with Gasteiger partial charge in [-0.1, -0.05) is 25.1 Å². The van der Waals surface area contributed by atoms with E-state index in [0.29, 0.717) is 40.3 Å². The van der Waals surface area contributed by atoms with Crippen LogP contribution in [-0.4, -0.2) is 36.1 Å². The molecule has 1 N–H and O–H groups in total. The molecular weight excluding hydrogens is 535 g/mol. The molecule has 206 valence electrons. The van der Waals surface area contributed by atoms with Crippen LogP contribution in [0, 0.1) is 0 Å². The predicted octanol–water partition coefficient (Wildman–Crippen LogP) is 6.17. The number of carbonyl (C=O) groups is 1. The zero-order valence-electron chi connectivity index (χ0n) is 21.2. The van der Waals surface area contributed by atoms with Gasteiger partial charge in [-0.05, 0) is 54.7 Å². The van der Waals surface area contributed by atoms with E-state index in [1.165, 1.54) is 24.7 Å². The Bertz CT molecular complexity index is 1600. The van der Waals surface area contributed by atoms with Gasteiger partial charge in [-0.25, -0.2) is 9.78 Å². The van der Waals surface area contributed by atoms with Gasteiger partial charge < -0.3 is 13.7 Å². The average Bonchev–Trinajstić information content (AvgIpc) is 3.58. The maximum absolute atomic E-state index is 13.2. The second-order valence-corrected chi connectivity index (χ2v) is 10.9. The van der Waals surface area contributed by atoms with E-state index in [9.17, 15) is 26.4 Å². The standard InChI is InChI=1S/C27H26F3N3O5S/c1-3-23-31-24(16-9-10-16)25(26(34)38-4-2)33(23)14-21-18-11-12-37-15-17(18)13-20(21)19-7-5-6-8-22(19)32-39(35,36)27(28,29)30/h5-8,11-13,15-16,32H,3-4,9-10,14H2,1-2H3. The molecule has 5 rings (SSSR count). The van der Waals surface area contributed by atoms with E-state index < -0.39 is 21.5 Å². The molecule has 1 aromatic carbocycles. The third-order valence-corrected chi connectivity index (χ3v) is 7.77. The molecule has 1 fully saturated rings. The highest BCUT2D eigenvalue weighted by Crippen LogP contribution is 2.44. The first-order chi connectivity index (χ1) is 18.6. The highest BCUT2D eigenvalue weighted by Gasteiger charge is 2.46. The molecule has 0 amide bonds. The molecule has 12 heteroatoms.